The summed E-state index contributed by atoms with van der Waals surface area (Å²) in [5.74, 6) is -3.47. The number of phenols is 1. The molecule has 0 aromatic heterocycles. The molecule has 0 heterocycles. The minimum atomic E-state index is -5.45. The number of aromatic hydroxyl groups is 1. The van der Waals surface area contributed by atoms with Crippen molar-refractivity contribution in [2.75, 3.05) is 5.73 Å². The third-order valence-electron chi connectivity index (χ3n) is 3.81. The van der Waals surface area contributed by atoms with Crippen molar-refractivity contribution in [1.82, 2.24) is 0 Å². The number of hydrogen-bond acceptors (Lipinski definition) is 8. The molecule has 0 saturated carbocycles. The molecule has 2 aromatic carbocycles. The molecule has 2 aromatic rings. The summed E-state index contributed by atoms with van der Waals surface area (Å²) in [7, 11) is -10.9. The molecule has 5 N–H and O–H groups in total. The van der Waals surface area contributed by atoms with Gasteiger partial charge in [0.1, 0.15) is 10.6 Å². The number of benzene rings is 2. The Morgan fingerprint density at radius 3 is 1.62 bits per heavy atom. The van der Waals surface area contributed by atoms with Gasteiger partial charge >= 0.3 is 0 Å². The Kier molecular flexibility index (Phi) is 3.70. The number of rotatable bonds is 2. The number of phenolic OH excluding ortho intramolecular Hbond substituents is 1. The maximum atomic E-state index is 12.6. The molecule has 1 aliphatic carbocycles. The van der Waals surface area contributed by atoms with Gasteiger partial charge in [-0.3, -0.25) is 18.7 Å². The van der Waals surface area contributed by atoms with Gasteiger partial charge in [0.25, 0.3) is 20.2 Å². The molecule has 0 spiro atoms. The molecule has 10 nitrogen and oxygen atoms in total. The fourth-order valence-corrected chi connectivity index (χ4v) is 4.84. The van der Waals surface area contributed by atoms with E-state index in [4.69, 9.17) is 5.73 Å². The van der Waals surface area contributed by atoms with E-state index >= 15 is 0 Å². The summed E-state index contributed by atoms with van der Waals surface area (Å²) >= 11 is 0. The SMILES string of the molecule is Nc1c2c(c(O)c(S(=O)(=O)O)c1S(=O)(=O)O)C(=O)c1ccccc1C2=O. The molecule has 0 atom stereocenters. The smallest absolute Gasteiger partial charge is 0.299 e. The quantitative estimate of drug-likeness (QED) is 0.264. The lowest BCUT2D eigenvalue weighted by molar-refractivity contribution is 0.0976. The molecule has 0 bridgehead atoms. The number of ketones is 2. The topological polar surface area (TPSA) is 189 Å². The van der Waals surface area contributed by atoms with E-state index in [0.717, 1.165) is 0 Å². The zero-order valence-corrected chi connectivity index (χ0v) is 14.1. The Bertz CT molecular complexity index is 1130. The van der Waals surface area contributed by atoms with Crippen LogP contribution in [0.5, 0.6) is 5.75 Å². The number of fused-ring (bicyclic) bond motifs is 2. The molecule has 0 saturated heterocycles. The molecule has 1 aliphatic rings. The molecule has 0 amide bonds. The second kappa shape index (κ2) is 5.35. The van der Waals surface area contributed by atoms with Gasteiger partial charge in [-0.1, -0.05) is 24.3 Å². The van der Waals surface area contributed by atoms with Crippen LogP contribution in [0, 0.1) is 0 Å². The van der Waals surface area contributed by atoms with Crippen molar-refractivity contribution < 1.29 is 40.6 Å². The highest BCUT2D eigenvalue weighted by atomic mass is 32.2. The van der Waals surface area contributed by atoms with Gasteiger partial charge in [0, 0.05) is 11.1 Å². The standard InChI is InChI=1S/C14H9NO9S2/c15-9-7-8(11(17)6-4-2-1-3-5(6)10(7)16)12(18)14(26(22,23)24)13(9)25(19,20)21/h1-4,18H,15H2,(H,19,20,21)(H,22,23,24). The van der Waals surface area contributed by atoms with E-state index < -0.39 is 64.2 Å². The second-order valence-corrected chi connectivity index (χ2v) is 8.04. The predicted octanol–water partition coefficient (Wildman–Crippen LogP) is 0.243. The predicted molar refractivity (Wildman–Crippen MR) is 85.5 cm³/mol. The molecule has 0 unspecified atom stereocenters. The van der Waals surface area contributed by atoms with Crippen molar-refractivity contribution >= 4 is 37.5 Å². The van der Waals surface area contributed by atoms with Gasteiger partial charge in [0.05, 0.1) is 16.8 Å². The summed E-state index contributed by atoms with van der Waals surface area (Å²) in [6, 6.07) is 5.31. The number of hydrogen-bond donors (Lipinski definition) is 4. The molecule has 3 rings (SSSR count). The zero-order valence-electron chi connectivity index (χ0n) is 12.5. The monoisotopic (exact) mass is 399 g/mol. The van der Waals surface area contributed by atoms with Crippen LogP contribution in [0.2, 0.25) is 0 Å². The summed E-state index contributed by atoms with van der Waals surface area (Å²) in [5.41, 5.74) is 2.48. The lowest BCUT2D eigenvalue weighted by Crippen LogP contribution is -2.25. The van der Waals surface area contributed by atoms with Crippen LogP contribution in [0.3, 0.4) is 0 Å². The van der Waals surface area contributed by atoms with Crippen LogP contribution in [0.15, 0.2) is 34.1 Å². The summed E-state index contributed by atoms with van der Waals surface area (Å²) in [5, 5.41) is 10.2. The maximum Gasteiger partial charge on any atom is 0.299 e. The van der Waals surface area contributed by atoms with Crippen molar-refractivity contribution in [2.45, 2.75) is 9.79 Å². The minimum Gasteiger partial charge on any atom is -0.506 e. The Balaban J connectivity index is 2.61. The lowest BCUT2D eigenvalue weighted by Gasteiger charge is -2.22. The molecule has 0 aliphatic heterocycles. The first kappa shape index (κ1) is 18.0. The van der Waals surface area contributed by atoms with Crippen molar-refractivity contribution in [3.05, 3.63) is 46.5 Å². The average Bonchev–Trinajstić information content (AvgIpc) is 2.51. The molecular weight excluding hydrogens is 390 g/mol. The van der Waals surface area contributed by atoms with E-state index in [2.05, 4.69) is 0 Å². The molecule has 136 valence electrons. The summed E-state index contributed by atoms with van der Waals surface area (Å²) < 4.78 is 64.9. The van der Waals surface area contributed by atoms with Gasteiger partial charge < -0.3 is 10.8 Å². The van der Waals surface area contributed by atoms with Crippen LogP contribution in [0.1, 0.15) is 31.8 Å². The fraction of sp³-hybridized carbons (Fsp3) is 0. The Morgan fingerprint density at radius 1 is 0.769 bits per heavy atom. The number of carbonyl (C=O) groups is 2. The van der Waals surface area contributed by atoms with Gasteiger partial charge in [0.15, 0.2) is 16.5 Å². The van der Waals surface area contributed by atoms with E-state index in [0.29, 0.717) is 0 Å². The third kappa shape index (κ3) is 2.39. The van der Waals surface area contributed by atoms with E-state index in [-0.39, 0.29) is 11.1 Å². The molecular formula is C14H9NO9S2. The zero-order chi connectivity index (χ0) is 19.6. The number of nitrogen functional groups attached to an aromatic ring is 1. The molecule has 26 heavy (non-hydrogen) atoms. The first-order chi connectivity index (χ1) is 11.9. The van der Waals surface area contributed by atoms with E-state index in [1.54, 1.807) is 0 Å². The first-order valence-corrected chi connectivity index (χ1v) is 9.57. The fourth-order valence-electron chi connectivity index (χ4n) is 2.81. The Hall–Kier alpha value is -2.80. The van der Waals surface area contributed by atoms with E-state index in [9.17, 15) is 40.6 Å². The first-order valence-electron chi connectivity index (χ1n) is 6.69. The number of anilines is 1. The van der Waals surface area contributed by atoms with Crippen molar-refractivity contribution in [1.29, 1.82) is 0 Å². The molecule has 0 fully saturated rings. The lowest BCUT2D eigenvalue weighted by atomic mass is 9.82. The van der Waals surface area contributed by atoms with E-state index in [1.807, 2.05) is 0 Å². The normalized spacial score (nSPS) is 14.1. The van der Waals surface area contributed by atoms with Gasteiger partial charge in [-0.05, 0) is 0 Å². The number of carbonyl (C=O) groups excluding carboxylic acids is 2. The van der Waals surface area contributed by atoms with Crippen LogP contribution < -0.4 is 5.73 Å². The largest absolute Gasteiger partial charge is 0.506 e. The number of nitrogens with two attached hydrogens (primary N) is 1. The van der Waals surface area contributed by atoms with Crippen LogP contribution in [0.25, 0.3) is 0 Å². The van der Waals surface area contributed by atoms with Gasteiger partial charge in [-0.25, -0.2) is 0 Å². The second-order valence-electron chi connectivity index (χ2n) is 5.32. The highest BCUT2D eigenvalue weighted by Gasteiger charge is 2.42. The summed E-state index contributed by atoms with van der Waals surface area (Å²) in [4.78, 5) is 22.0. The summed E-state index contributed by atoms with van der Waals surface area (Å²) in [6.45, 7) is 0. The highest BCUT2D eigenvalue weighted by Crippen LogP contribution is 2.44. The Morgan fingerprint density at radius 2 is 1.19 bits per heavy atom. The third-order valence-corrected chi connectivity index (χ3v) is 5.79. The molecule has 0 radical (unpaired) electrons. The molecule has 12 heteroatoms. The Labute approximate surface area is 146 Å². The van der Waals surface area contributed by atoms with Crippen molar-refractivity contribution in [3.8, 4) is 5.75 Å². The van der Waals surface area contributed by atoms with Gasteiger partial charge in [-0.2, -0.15) is 16.8 Å². The highest BCUT2D eigenvalue weighted by molar-refractivity contribution is 7.89. The van der Waals surface area contributed by atoms with Crippen LogP contribution in [-0.4, -0.2) is 42.6 Å². The van der Waals surface area contributed by atoms with Crippen LogP contribution in [-0.2, 0) is 20.2 Å². The van der Waals surface area contributed by atoms with Gasteiger partial charge in [0.2, 0.25) is 0 Å². The summed E-state index contributed by atoms with van der Waals surface area (Å²) in [6.07, 6.45) is 0. The van der Waals surface area contributed by atoms with Crippen LogP contribution >= 0.6 is 0 Å². The average molecular weight is 399 g/mol. The van der Waals surface area contributed by atoms with Crippen LogP contribution in [0.4, 0.5) is 5.69 Å². The van der Waals surface area contributed by atoms with Gasteiger partial charge in [-0.15, -0.1) is 0 Å². The van der Waals surface area contributed by atoms with E-state index in [1.165, 1.54) is 24.3 Å². The van der Waals surface area contributed by atoms with Crippen molar-refractivity contribution in [2.24, 2.45) is 0 Å². The van der Waals surface area contributed by atoms with Crippen molar-refractivity contribution in [3.63, 3.8) is 0 Å². The maximum absolute atomic E-state index is 12.6. The minimum absolute atomic E-state index is 0.156.